The van der Waals surface area contributed by atoms with Crippen molar-refractivity contribution >= 4 is 5.78 Å². The van der Waals surface area contributed by atoms with Crippen molar-refractivity contribution in [3.05, 3.63) is 35.9 Å². The standard InChI is InChI=1S/C12H16O2/c1-10(14)12(7-8-13)9-11-5-3-2-4-6-11/h2-6,12-13H,7-9H2,1H3. The summed E-state index contributed by atoms with van der Waals surface area (Å²) in [5.74, 6) is 0.116. The monoisotopic (exact) mass is 192 g/mol. The van der Waals surface area contributed by atoms with Crippen molar-refractivity contribution in [2.75, 3.05) is 6.61 Å². The second-order valence-electron chi connectivity index (χ2n) is 3.51. The number of hydrogen-bond donors (Lipinski definition) is 1. The molecular formula is C12H16O2. The molecule has 14 heavy (non-hydrogen) atoms. The number of carbonyl (C=O) groups is 1. The average Bonchev–Trinajstić information content (AvgIpc) is 2.18. The second-order valence-corrected chi connectivity index (χ2v) is 3.51. The van der Waals surface area contributed by atoms with Gasteiger partial charge in [-0.1, -0.05) is 30.3 Å². The fourth-order valence-electron chi connectivity index (χ4n) is 1.50. The van der Waals surface area contributed by atoms with E-state index in [-0.39, 0.29) is 18.3 Å². The third-order valence-electron chi connectivity index (χ3n) is 2.38. The average molecular weight is 192 g/mol. The molecule has 0 aliphatic rings. The first-order valence-corrected chi connectivity index (χ1v) is 4.89. The Balaban J connectivity index is 2.60. The van der Waals surface area contributed by atoms with Crippen LogP contribution in [0.4, 0.5) is 0 Å². The first-order chi connectivity index (χ1) is 6.74. The molecule has 0 aliphatic heterocycles. The minimum atomic E-state index is -0.0394. The van der Waals surface area contributed by atoms with Crippen LogP contribution in [0.1, 0.15) is 18.9 Å². The normalized spacial score (nSPS) is 12.4. The predicted molar refractivity (Wildman–Crippen MR) is 56.0 cm³/mol. The molecule has 0 aliphatic carbocycles. The number of aliphatic hydroxyl groups is 1. The van der Waals surface area contributed by atoms with E-state index >= 15 is 0 Å². The van der Waals surface area contributed by atoms with Crippen LogP contribution < -0.4 is 0 Å². The zero-order valence-corrected chi connectivity index (χ0v) is 8.44. The van der Waals surface area contributed by atoms with E-state index in [0.717, 1.165) is 12.0 Å². The lowest BCUT2D eigenvalue weighted by molar-refractivity contribution is -0.121. The molecule has 2 heteroatoms. The highest BCUT2D eigenvalue weighted by Gasteiger charge is 2.13. The first kappa shape index (κ1) is 10.9. The number of carbonyl (C=O) groups excluding carboxylic acids is 1. The number of benzene rings is 1. The van der Waals surface area contributed by atoms with Crippen molar-refractivity contribution in [2.24, 2.45) is 5.92 Å². The Morgan fingerprint density at radius 2 is 2.00 bits per heavy atom. The Morgan fingerprint density at radius 1 is 1.36 bits per heavy atom. The van der Waals surface area contributed by atoms with E-state index in [1.807, 2.05) is 30.3 Å². The molecule has 1 unspecified atom stereocenters. The van der Waals surface area contributed by atoms with E-state index in [0.29, 0.717) is 6.42 Å². The second kappa shape index (κ2) is 5.55. The van der Waals surface area contributed by atoms with Gasteiger partial charge in [-0.2, -0.15) is 0 Å². The first-order valence-electron chi connectivity index (χ1n) is 4.89. The van der Waals surface area contributed by atoms with Gasteiger partial charge >= 0.3 is 0 Å². The molecule has 0 radical (unpaired) electrons. The van der Waals surface area contributed by atoms with Crippen LogP contribution >= 0.6 is 0 Å². The summed E-state index contributed by atoms with van der Waals surface area (Å²) in [4.78, 5) is 11.2. The van der Waals surface area contributed by atoms with Gasteiger partial charge in [-0.15, -0.1) is 0 Å². The van der Waals surface area contributed by atoms with Gasteiger partial charge in [-0.3, -0.25) is 4.79 Å². The fraction of sp³-hybridized carbons (Fsp3) is 0.417. The van der Waals surface area contributed by atoms with Crippen LogP contribution in [0.2, 0.25) is 0 Å². The van der Waals surface area contributed by atoms with Crippen LogP contribution in [0, 0.1) is 5.92 Å². The number of aliphatic hydroxyl groups excluding tert-OH is 1. The summed E-state index contributed by atoms with van der Waals surface area (Å²) in [5, 5.41) is 8.81. The molecule has 0 saturated heterocycles. The smallest absolute Gasteiger partial charge is 0.133 e. The van der Waals surface area contributed by atoms with E-state index in [1.165, 1.54) is 0 Å². The summed E-state index contributed by atoms with van der Waals surface area (Å²) in [6.07, 6.45) is 1.29. The highest BCUT2D eigenvalue weighted by atomic mass is 16.3. The molecule has 1 aromatic carbocycles. The van der Waals surface area contributed by atoms with Crippen LogP contribution in [0.5, 0.6) is 0 Å². The molecule has 76 valence electrons. The van der Waals surface area contributed by atoms with Crippen molar-refractivity contribution in [3.63, 3.8) is 0 Å². The summed E-state index contributed by atoms with van der Waals surface area (Å²) >= 11 is 0. The lowest BCUT2D eigenvalue weighted by Gasteiger charge is -2.11. The summed E-state index contributed by atoms with van der Waals surface area (Å²) in [7, 11) is 0. The van der Waals surface area contributed by atoms with Crippen molar-refractivity contribution in [2.45, 2.75) is 19.8 Å². The van der Waals surface area contributed by atoms with Crippen LogP contribution in [0.3, 0.4) is 0 Å². The zero-order valence-electron chi connectivity index (χ0n) is 8.44. The van der Waals surface area contributed by atoms with Gasteiger partial charge < -0.3 is 5.11 Å². The molecule has 1 aromatic rings. The summed E-state index contributed by atoms with van der Waals surface area (Å²) < 4.78 is 0. The number of ketones is 1. The molecule has 0 amide bonds. The Morgan fingerprint density at radius 3 is 2.50 bits per heavy atom. The highest BCUT2D eigenvalue weighted by Crippen LogP contribution is 2.12. The predicted octanol–water partition coefficient (Wildman–Crippen LogP) is 1.82. The molecule has 0 spiro atoms. The highest BCUT2D eigenvalue weighted by molar-refractivity contribution is 5.78. The minimum Gasteiger partial charge on any atom is -0.396 e. The molecule has 2 nitrogen and oxygen atoms in total. The Kier molecular flexibility index (Phi) is 4.33. The number of Topliss-reactive ketones (excluding diaryl/α,β-unsaturated/α-hetero) is 1. The van der Waals surface area contributed by atoms with Gasteiger partial charge in [0.25, 0.3) is 0 Å². The lowest BCUT2D eigenvalue weighted by atomic mass is 9.93. The molecule has 0 heterocycles. The van der Waals surface area contributed by atoms with Crippen LogP contribution in [-0.2, 0) is 11.2 Å². The third kappa shape index (κ3) is 3.30. The van der Waals surface area contributed by atoms with Crippen molar-refractivity contribution in [3.8, 4) is 0 Å². The maximum absolute atomic E-state index is 11.2. The quantitative estimate of drug-likeness (QED) is 0.772. The maximum Gasteiger partial charge on any atom is 0.133 e. The van der Waals surface area contributed by atoms with Crippen molar-refractivity contribution < 1.29 is 9.90 Å². The lowest BCUT2D eigenvalue weighted by Crippen LogP contribution is -2.15. The van der Waals surface area contributed by atoms with Crippen molar-refractivity contribution in [1.82, 2.24) is 0 Å². The topological polar surface area (TPSA) is 37.3 Å². The van der Waals surface area contributed by atoms with E-state index in [9.17, 15) is 4.79 Å². The Hall–Kier alpha value is -1.15. The minimum absolute atomic E-state index is 0.0394. The van der Waals surface area contributed by atoms with Gasteiger partial charge in [0.2, 0.25) is 0 Å². The molecule has 0 fully saturated rings. The van der Waals surface area contributed by atoms with E-state index in [1.54, 1.807) is 6.92 Å². The molecule has 0 bridgehead atoms. The van der Waals surface area contributed by atoms with Gasteiger partial charge in [0.05, 0.1) is 0 Å². The van der Waals surface area contributed by atoms with Crippen LogP contribution in [0.25, 0.3) is 0 Å². The Bertz CT molecular complexity index is 280. The molecular weight excluding hydrogens is 176 g/mol. The molecule has 0 saturated carbocycles. The SMILES string of the molecule is CC(=O)C(CCO)Cc1ccccc1. The molecule has 1 rings (SSSR count). The van der Waals surface area contributed by atoms with Gasteiger partial charge in [0.15, 0.2) is 0 Å². The van der Waals surface area contributed by atoms with Crippen molar-refractivity contribution in [1.29, 1.82) is 0 Å². The van der Waals surface area contributed by atoms with Crippen LogP contribution in [0.15, 0.2) is 30.3 Å². The number of rotatable bonds is 5. The molecule has 1 N–H and O–H groups in total. The van der Waals surface area contributed by atoms with Gasteiger partial charge in [0.1, 0.15) is 5.78 Å². The van der Waals surface area contributed by atoms with E-state index in [4.69, 9.17) is 5.11 Å². The molecule has 0 aromatic heterocycles. The van der Waals surface area contributed by atoms with Gasteiger partial charge in [-0.25, -0.2) is 0 Å². The Labute approximate surface area is 84.6 Å². The van der Waals surface area contributed by atoms with E-state index in [2.05, 4.69) is 0 Å². The maximum atomic E-state index is 11.2. The number of hydrogen-bond acceptors (Lipinski definition) is 2. The molecule has 1 atom stereocenters. The third-order valence-corrected chi connectivity index (χ3v) is 2.38. The summed E-state index contributed by atoms with van der Waals surface area (Å²) in [6.45, 7) is 1.67. The summed E-state index contributed by atoms with van der Waals surface area (Å²) in [5.41, 5.74) is 1.15. The van der Waals surface area contributed by atoms with Gasteiger partial charge in [0, 0.05) is 12.5 Å². The van der Waals surface area contributed by atoms with Crippen LogP contribution in [-0.4, -0.2) is 17.5 Å². The summed E-state index contributed by atoms with van der Waals surface area (Å²) in [6, 6.07) is 9.90. The van der Waals surface area contributed by atoms with Gasteiger partial charge in [-0.05, 0) is 25.3 Å². The van der Waals surface area contributed by atoms with E-state index < -0.39 is 0 Å². The zero-order chi connectivity index (χ0) is 10.4. The fourth-order valence-corrected chi connectivity index (χ4v) is 1.50. The largest absolute Gasteiger partial charge is 0.396 e.